The van der Waals surface area contributed by atoms with E-state index < -0.39 is 0 Å². The van der Waals surface area contributed by atoms with Gasteiger partial charge in [-0.1, -0.05) is 24.0 Å². The Bertz CT molecular complexity index is 235. The van der Waals surface area contributed by atoms with Crippen molar-refractivity contribution in [3.8, 4) is 0 Å². The van der Waals surface area contributed by atoms with Gasteiger partial charge in [0, 0.05) is 0 Å². The lowest BCUT2D eigenvalue weighted by Crippen LogP contribution is -2.10. The van der Waals surface area contributed by atoms with E-state index in [9.17, 15) is 0 Å². The Kier molecular flexibility index (Phi) is 1.78. The smallest absolute Gasteiger partial charge is 0.0257 e. The minimum atomic E-state index is 0.817. The lowest BCUT2D eigenvalue weighted by atomic mass is 9.82. The fourth-order valence-corrected chi connectivity index (χ4v) is 3.61. The van der Waals surface area contributed by atoms with Crippen molar-refractivity contribution in [1.29, 1.82) is 0 Å². The zero-order valence-corrected chi connectivity index (χ0v) is 8.57. The Hall–Kier alpha value is -0.260. The summed E-state index contributed by atoms with van der Waals surface area (Å²) in [5.74, 6) is 0. The maximum absolute atomic E-state index is 1.90. The van der Waals surface area contributed by atoms with Crippen molar-refractivity contribution in [2.45, 2.75) is 64.2 Å². The lowest BCUT2D eigenvalue weighted by molar-refractivity contribution is 0.315. The van der Waals surface area contributed by atoms with Crippen LogP contribution in [0.4, 0.5) is 0 Å². The SMILES string of the molecule is C1CC(=C2CCC3(CCCC3)C2)C1. The van der Waals surface area contributed by atoms with Crippen LogP contribution in [0.1, 0.15) is 64.2 Å². The van der Waals surface area contributed by atoms with Crippen LogP contribution >= 0.6 is 0 Å². The number of hydrogen-bond donors (Lipinski definition) is 0. The van der Waals surface area contributed by atoms with Gasteiger partial charge in [-0.15, -0.1) is 0 Å². The first-order valence-electron chi connectivity index (χ1n) is 6.08. The van der Waals surface area contributed by atoms with Gasteiger partial charge in [-0.25, -0.2) is 0 Å². The van der Waals surface area contributed by atoms with Crippen LogP contribution in [0.2, 0.25) is 0 Å². The van der Waals surface area contributed by atoms with Crippen LogP contribution in [-0.2, 0) is 0 Å². The van der Waals surface area contributed by atoms with Gasteiger partial charge in [-0.05, 0) is 56.8 Å². The van der Waals surface area contributed by atoms with Crippen molar-refractivity contribution >= 4 is 0 Å². The first-order valence-corrected chi connectivity index (χ1v) is 6.08. The topological polar surface area (TPSA) is 0 Å². The molecule has 3 aliphatic carbocycles. The van der Waals surface area contributed by atoms with Gasteiger partial charge in [0.25, 0.3) is 0 Å². The van der Waals surface area contributed by atoms with E-state index in [0.717, 1.165) is 5.41 Å². The summed E-state index contributed by atoms with van der Waals surface area (Å²) in [6.45, 7) is 0. The molecule has 0 nitrogen and oxygen atoms in total. The van der Waals surface area contributed by atoms with Crippen LogP contribution in [0, 0.1) is 5.41 Å². The third kappa shape index (κ3) is 1.26. The number of hydrogen-bond acceptors (Lipinski definition) is 0. The highest BCUT2D eigenvalue weighted by Gasteiger charge is 2.39. The molecule has 3 fully saturated rings. The van der Waals surface area contributed by atoms with Gasteiger partial charge in [-0.3, -0.25) is 0 Å². The Labute approximate surface area is 81.4 Å². The maximum atomic E-state index is 1.90. The third-order valence-corrected chi connectivity index (χ3v) is 4.67. The quantitative estimate of drug-likeness (QED) is 0.485. The van der Waals surface area contributed by atoms with Crippen LogP contribution in [0.5, 0.6) is 0 Å². The highest BCUT2D eigenvalue weighted by molar-refractivity contribution is 5.24. The Morgan fingerprint density at radius 3 is 2.08 bits per heavy atom. The van der Waals surface area contributed by atoms with Crippen molar-refractivity contribution < 1.29 is 0 Å². The van der Waals surface area contributed by atoms with Gasteiger partial charge in [-0.2, -0.15) is 0 Å². The zero-order chi connectivity index (χ0) is 8.73. The largest absolute Gasteiger partial charge is 0.0710 e. The van der Waals surface area contributed by atoms with Crippen molar-refractivity contribution in [2.24, 2.45) is 5.41 Å². The highest BCUT2D eigenvalue weighted by Crippen LogP contribution is 2.54. The van der Waals surface area contributed by atoms with Gasteiger partial charge in [0.05, 0.1) is 0 Å². The summed E-state index contributed by atoms with van der Waals surface area (Å²) in [5.41, 5.74) is 4.58. The molecule has 0 radical (unpaired) electrons. The van der Waals surface area contributed by atoms with Gasteiger partial charge in [0.15, 0.2) is 0 Å². The Balaban J connectivity index is 1.77. The molecule has 0 aromatic rings. The molecule has 0 saturated heterocycles. The van der Waals surface area contributed by atoms with E-state index in [4.69, 9.17) is 0 Å². The van der Waals surface area contributed by atoms with Crippen LogP contribution < -0.4 is 0 Å². The molecule has 0 heteroatoms. The average Bonchev–Trinajstić information content (AvgIpc) is 2.60. The monoisotopic (exact) mass is 176 g/mol. The fraction of sp³-hybridized carbons (Fsp3) is 0.846. The average molecular weight is 176 g/mol. The van der Waals surface area contributed by atoms with Gasteiger partial charge in [0.2, 0.25) is 0 Å². The van der Waals surface area contributed by atoms with E-state index in [2.05, 4.69) is 0 Å². The molecule has 0 atom stereocenters. The molecule has 3 rings (SSSR count). The minimum Gasteiger partial charge on any atom is -0.0710 e. The van der Waals surface area contributed by atoms with Gasteiger partial charge in [0.1, 0.15) is 0 Å². The minimum absolute atomic E-state index is 0.817. The second kappa shape index (κ2) is 2.87. The maximum Gasteiger partial charge on any atom is -0.0257 e. The van der Waals surface area contributed by atoms with E-state index in [-0.39, 0.29) is 0 Å². The summed E-state index contributed by atoms with van der Waals surface area (Å²) >= 11 is 0. The van der Waals surface area contributed by atoms with Crippen molar-refractivity contribution in [3.05, 3.63) is 11.1 Å². The third-order valence-electron chi connectivity index (χ3n) is 4.67. The molecule has 0 aromatic heterocycles. The summed E-state index contributed by atoms with van der Waals surface area (Å²) in [5, 5.41) is 0. The Morgan fingerprint density at radius 1 is 0.692 bits per heavy atom. The molecular formula is C13H20. The summed E-state index contributed by atoms with van der Waals surface area (Å²) in [6.07, 6.45) is 15.0. The van der Waals surface area contributed by atoms with E-state index in [1.54, 1.807) is 12.8 Å². The molecule has 0 unspecified atom stereocenters. The molecule has 1 spiro atoms. The molecular weight excluding hydrogens is 156 g/mol. The molecule has 3 aliphatic rings. The molecule has 0 bridgehead atoms. The predicted molar refractivity (Wildman–Crippen MR) is 55.6 cm³/mol. The second-order valence-electron chi connectivity index (χ2n) is 5.44. The van der Waals surface area contributed by atoms with Crippen molar-refractivity contribution in [3.63, 3.8) is 0 Å². The molecule has 3 saturated carbocycles. The van der Waals surface area contributed by atoms with Crippen LogP contribution in [-0.4, -0.2) is 0 Å². The fourth-order valence-electron chi connectivity index (χ4n) is 3.61. The molecule has 0 N–H and O–H groups in total. The number of allylic oxidation sites excluding steroid dienone is 2. The van der Waals surface area contributed by atoms with Crippen LogP contribution in [0.15, 0.2) is 11.1 Å². The molecule has 72 valence electrons. The summed E-state index contributed by atoms with van der Waals surface area (Å²) < 4.78 is 0. The van der Waals surface area contributed by atoms with E-state index in [1.165, 1.54) is 51.4 Å². The molecule has 0 aromatic carbocycles. The Morgan fingerprint density at radius 2 is 1.46 bits per heavy atom. The van der Waals surface area contributed by atoms with E-state index >= 15 is 0 Å². The van der Waals surface area contributed by atoms with Gasteiger partial charge >= 0.3 is 0 Å². The zero-order valence-electron chi connectivity index (χ0n) is 8.57. The highest BCUT2D eigenvalue weighted by atomic mass is 14.4. The molecule has 0 amide bonds. The van der Waals surface area contributed by atoms with E-state index in [0.29, 0.717) is 0 Å². The molecule has 13 heavy (non-hydrogen) atoms. The predicted octanol–water partition coefficient (Wildman–Crippen LogP) is 4.21. The normalized spacial score (nSPS) is 31.4. The first kappa shape index (κ1) is 8.08. The molecule has 0 aliphatic heterocycles. The number of rotatable bonds is 0. The lowest BCUT2D eigenvalue weighted by Gasteiger charge is -2.23. The summed E-state index contributed by atoms with van der Waals surface area (Å²) in [4.78, 5) is 0. The van der Waals surface area contributed by atoms with Crippen molar-refractivity contribution in [1.82, 2.24) is 0 Å². The van der Waals surface area contributed by atoms with E-state index in [1.807, 2.05) is 11.1 Å². The first-order chi connectivity index (χ1) is 6.38. The summed E-state index contributed by atoms with van der Waals surface area (Å²) in [7, 11) is 0. The standard InChI is InChI=1S/C13H20/c1-2-8-13(7-1)9-6-12(10-13)11-4-3-5-11/h1-10H2. The van der Waals surface area contributed by atoms with Crippen molar-refractivity contribution in [2.75, 3.05) is 0 Å². The van der Waals surface area contributed by atoms with Crippen LogP contribution in [0.25, 0.3) is 0 Å². The molecule has 0 heterocycles. The van der Waals surface area contributed by atoms with Crippen LogP contribution in [0.3, 0.4) is 0 Å². The van der Waals surface area contributed by atoms with Gasteiger partial charge < -0.3 is 0 Å². The summed E-state index contributed by atoms with van der Waals surface area (Å²) in [6, 6.07) is 0. The second-order valence-corrected chi connectivity index (χ2v) is 5.44.